The molecule has 0 spiro atoms. The number of Topliss-reactive ketones (excluding diaryl/α,β-unsaturated/α-hetero) is 1. The van der Waals surface area contributed by atoms with E-state index in [0.717, 1.165) is 47.5 Å². The van der Waals surface area contributed by atoms with E-state index in [-0.39, 0.29) is 11.4 Å². The van der Waals surface area contributed by atoms with Crippen molar-refractivity contribution in [3.05, 3.63) is 71.3 Å². The summed E-state index contributed by atoms with van der Waals surface area (Å²) < 4.78 is 11.8. The quantitative estimate of drug-likeness (QED) is 0.635. The van der Waals surface area contributed by atoms with Gasteiger partial charge in [-0.05, 0) is 54.2 Å². The molecular weight excluding hydrogens is 348 g/mol. The molecule has 0 radical (unpaired) electrons. The summed E-state index contributed by atoms with van der Waals surface area (Å²) in [6.07, 6.45) is 7.39. The highest BCUT2D eigenvalue weighted by Crippen LogP contribution is 2.40. The van der Waals surface area contributed by atoms with E-state index in [1.165, 1.54) is 5.57 Å². The third kappa shape index (κ3) is 3.15. The predicted molar refractivity (Wildman–Crippen MR) is 113 cm³/mol. The van der Waals surface area contributed by atoms with Crippen LogP contribution in [0.2, 0.25) is 0 Å². The zero-order chi connectivity index (χ0) is 19.7. The van der Waals surface area contributed by atoms with E-state index in [1.54, 1.807) is 7.11 Å². The van der Waals surface area contributed by atoms with Gasteiger partial charge in [-0.15, -0.1) is 0 Å². The van der Waals surface area contributed by atoms with E-state index in [9.17, 15) is 4.79 Å². The molecular formula is C25H26O3. The van der Waals surface area contributed by atoms with Crippen LogP contribution in [0.5, 0.6) is 11.5 Å². The number of para-hydroxylation sites is 1. The number of hydrogen-bond donors (Lipinski definition) is 0. The Morgan fingerprint density at radius 1 is 1.07 bits per heavy atom. The molecule has 1 aliphatic carbocycles. The topological polar surface area (TPSA) is 35.5 Å². The highest BCUT2D eigenvalue weighted by atomic mass is 16.5. The number of rotatable bonds is 5. The van der Waals surface area contributed by atoms with Gasteiger partial charge >= 0.3 is 0 Å². The average Bonchev–Trinajstić information content (AvgIpc) is 3.23. The van der Waals surface area contributed by atoms with Crippen LogP contribution in [0.3, 0.4) is 0 Å². The Kier molecular flexibility index (Phi) is 4.84. The maximum absolute atomic E-state index is 12.8. The highest BCUT2D eigenvalue weighted by molar-refractivity contribution is 6.01. The lowest BCUT2D eigenvalue weighted by molar-refractivity contribution is 0.0350. The van der Waals surface area contributed by atoms with Gasteiger partial charge < -0.3 is 9.47 Å². The smallest absolute Gasteiger partial charge is 0.170 e. The molecule has 3 nitrogen and oxygen atoms in total. The summed E-state index contributed by atoms with van der Waals surface area (Å²) in [6, 6.07) is 14.1. The second-order valence-corrected chi connectivity index (χ2v) is 7.54. The number of ketones is 1. The monoisotopic (exact) mass is 374 g/mol. The summed E-state index contributed by atoms with van der Waals surface area (Å²) in [4.78, 5) is 12.8. The van der Waals surface area contributed by atoms with E-state index in [4.69, 9.17) is 9.47 Å². The molecule has 0 N–H and O–H groups in total. The largest absolute Gasteiger partial charge is 0.496 e. The van der Waals surface area contributed by atoms with Crippen LogP contribution < -0.4 is 9.47 Å². The summed E-state index contributed by atoms with van der Waals surface area (Å²) in [5.41, 5.74) is 4.90. The number of carbonyl (C=O) groups excluding carboxylic acids is 1. The van der Waals surface area contributed by atoms with Crippen LogP contribution in [0, 0.1) is 0 Å². The molecule has 144 valence electrons. The standard InChI is InChI=1S/C25H26O3/c1-4-25(5-2)16-22(26)21-15-18(12-13-24(21)28-25)17-10-11-19(14-17)20-8-6-7-9-23(20)27-3/h6-9,11-15H,4-5,10,16H2,1-3H3. The van der Waals surface area contributed by atoms with Crippen molar-refractivity contribution in [2.75, 3.05) is 7.11 Å². The molecule has 1 aliphatic heterocycles. The molecule has 0 bridgehead atoms. The van der Waals surface area contributed by atoms with Crippen LogP contribution in [0.25, 0.3) is 11.1 Å². The van der Waals surface area contributed by atoms with Gasteiger partial charge in [-0.25, -0.2) is 0 Å². The van der Waals surface area contributed by atoms with Crippen molar-refractivity contribution in [2.24, 2.45) is 0 Å². The SMILES string of the molecule is CCC1(CC)CC(=O)c2cc(C3=CC(c4ccccc4OC)=CC3)ccc2O1. The van der Waals surface area contributed by atoms with Crippen molar-refractivity contribution < 1.29 is 14.3 Å². The van der Waals surface area contributed by atoms with Gasteiger partial charge in [-0.1, -0.05) is 50.3 Å². The van der Waals surface area contributed by atoms with Crippen LogP contribution in [0.1, 0.15) is 61.0 Å². The Hall–Kier alpha value is -2.81. The second-order valence-electron chi connectivity index (χ2n) is 7.54. The van der Waals surface area contributed by atoms with Gasteiger partial charge in [-0.3, -0.25) is 4.79 Å². The number of methoxy groups -OCH3 is 1. The number of allylic oxidation sites excluding steroid dienone is 4. The Labute approximate surface area is 166 Å². The van der Waals surface area contributed by atoms with Gasteiger partial charge in [0.25, 0.3) is 0 Å². The Morgan fingerprint density at radius 3 is 2.61 bits per heavy atom. The highest BCUT2D eigenvalue weighted by Gasteiger charge is 2.37. The minimum Gasteiger partial charge on any atom is -0.496 e. The van der Waals surface area contributed by atoms with Crippen molar-refractivity contribution in [3.63, 3.8) is 0 Å². The molecule has 4 rings (SSSR count). The van der Waals surface area contributed by atoms with Crippen LogP contribution in [0.15, 0.2) is 54.6 Å². The van der Waals surface area contributed by atoms with Gasteiger partial charge in [0.15, 0.2) is 5.78 Å². The molecule has 28 heavy (non-hydrogen) atoms. The zero-order valence-electron chi connectivity index (χ0n) is 16.7. The molecule has 0 amide bonds. The maximum Gasteiger partial charge on any atom is 0.170 e. The Morgan fingerprint density at radius 2 is 1.86 bits per heavy atom. The van der Waals surface area contributed by atoms with Gasteiger partial charge in [-0.2, -0.15) is 0 Å². The first-order valence-electron chi connectivity index (χ1n) is 10.00. The summed E-state index contributed by atoms with van der Waals surface area (Å²) in [5.74, 6) is 1.78. The Balaban J connectivity index is 1.64. The molecule has 2 aliphatic rings. The number of ether oxygens (including phenoxy) is 2. The minimum atomic E-state index is -0.350. The maximum atomic E-state index is 12.8. The van der Waals surface area contributed by atoms with E-state index < -0.39 is 0 Å². The third-order valence-corrected chi connectivity index (χ3v) is 6.04. The number of carbonyl (C=O) groups is 1. The van der Waals surface area contributed by atoms with Gasteiger partial charge in [0.2, 0.25) is 0 Å². The first kappa shape index (κ1) is 18.5. The second kappa shape index (κ2) is 7.31. The van der Waals surface area contributed by atoms with Gasteiger partial charge in [0, 0.05) is 5.56 Å². The van der Waals surface area contributed by atoms with Gasteiger partial charge in [0.1, 0.15) is 17.1 Å². The van der Waals surface area contributed by atoms with Crippen LogP contribution in [-0.2, 0) is 0 Å². The fourth-order valence-electron chi connectivity index (χ4n) is 4.14. The predicted octanol–water partition coefficient (Wildman–Crippen LogP) is 6.09. The summed E-state index contributed by atoms with van der Waals surface area (Å²) in [7, 11) is 1.70. The lowest BCUT2D eigenvalue weighted by Crippen LogP contribution is -2.40. The lowest BCUT2D eigenvalue weighted by Gasteiger charge is -2.36. The molecule has 0 unspecified atom stereocenters. The molecule has 0 saturated carbocycles. The van der Waals surface area contributed by atoms with E-state index in [0.29, 0.717) is 12.0 Å². The number of hydrogen-bond acceptors (Lipinski definition) is 3. The minimum absolute atomic E-state index is 0.184. The molecule has 0 aromatic heterocycles. The average molecular weight is 374 g/mol. The fraction of sp³-hybridized carbons (Fsp3) is 0.320. The van der Waals surface area contributed by atoms with Crippen LogP contribution in [0.4, 0.5) is 0 Å². The van der Waals surface area contributed by atoms with Crippen molar-refractivity contribution in [2.45, 2.75) is 45.1 Å². The molecule has 0 atom stereocenters. The summed E-state index contributed by atoms with van der Waals surface area (Å²) in [5, 5.41) is 0. The fourth-order valence-corrected chi connectivity index (χ4v) is 4.14. The van der Waals surface area contributed by atoms with Gasteiger partial charge in [0.05, 0.1) is 19.1 Å². The molecule has 1 heterocycles. The van der Waals surface area contributed by atoms with Crippen LogP contribution >= 0.6 is 0 Å². The van der Waals surface area contributed by atoms with Crippen molar-refractivity contribution in [1.29, 1.82) is 0 Å². The third-order valence-electron chi connectivity index (χ3n) is 6.04. The van der Waals surface area contributed by atoms with Crippen molar-refractivity contribution in [1.82, 2.24) is 0 Å². The lowest BCUT2D eigenvalue weighted by atomic mass is 9.85. The summed E-state index contributed by atoms with van der Waals surface area (Å²) in [6.45, 7) is 4.18. The molecule has 0 fully saturated rings. The van der Waals surface area contributed by atoms with E-state index in [2.05, 4.69) is 38.1 Å². The van der Waals surface area contributed by atoms with Crippen molar-refractivity contribution >= 4 is 16.9 Å². The number of benzene rings is 2. The first-order chi connectivity index (χ1) is 13.6. The normalized spacial score (nSPS) is 17.5. The molecule has 3 heteroatoms. The Bertz CT molecular complexity index is 977. The molecule has 0 saturated heterocycles. The van der Waals surface area contributed by atoms with E-state index in [1.807, 2.05) is 30.3 Å². The number of fused-ring (bicyclic) bond motifs is 1. The first-order valence-corrected chi connectivity index (χ1v) is 10.00. The van der Waals surface area contributed by atoms with E-state index >= 15 is 0 Å². The van der Waals surface area contributed by atoms with Crippen LogP contribution in [-0.4, -0.2) is 18.5 Å². The van der Waals surface area contributed by atoms with Crippen molar-refractivity contribution in [3.8, 4) is 11.5 Å². The summed E-state index contributed by atoms with van der Waals surface area (Å²) >= 11 is 0. The molecule has 2 aromatic rings. The molecule has 2 aromatic carbocycles. The zero-order valence-corrected chi connectivity index (χ0v) is 16.7.